The van der Waals surface area contributed by atoms with Crippen molar-refractivity contribution in [3.8, 4) is 0 Å². The highest BCUT2D eigenvalue weighted by Gasteiger charge is 2.39. The van der Waals surface area contributed by atoms with Crippen molar-refractivity contribution < 1.29 is 19.5 Å². The highest BCUT2D eigenvalue weighted by atomic mass is 16.4. The number of Topliss-reactive ketones (excluding diaryl/α,β-unsaturated/α-hetero) is 1. The van der Waals surface area contributed by atoms with Crippen LogP contribution in [0.3, 0.4) is 0 Å². The van der Waals surface area contributed by atoms with Crippen LogP contribution in [0.1, 0.15) is 39.5 Å². The molecule has 0 radical (unpaired) electrons. The van der Waals surface area contributed by atoms with Crippen molar-refractivity contribution in [2.75, 3.05) is 0 Å². The Labute approximate surface area is 113 Å². The van der Waals surface area contributed by atoms with E-state index in [0.29, 0.717) is 25.2 Å². The van der Waals surface area contributed by atoms with Crippen molar-refractivity contribution in [2.24, 2.45) is 23.7 Å². The maximum Gasteiger partial charge on any atom is 0.331 e. The summed E-state index contributed by atoms with van der Waals surface area (Å²) in [4.78, 5) is 33.5. The van der Waals surface area contributed by atoms with E-state index in [-0.39, 0.29) is 29.1 Å². The van der Waals surface area contributed by atoms with Gasteiger partial charge in [-0.05, 0) is 38.0 Å². The van der Waals surface area contributed by atoms with Gasteiger partial charge in [0.25, 0.3) is 0 Å². The Morgan fingerprint density at radius 3 is 2.47 bits per heavy atom. The number of carboxylic acids is 1. The molecule has 19 heavy (non-hydrogen) atoms. The van der Waals surface area contributed by atoms with Gasteiger partial charge < -0.3 is 14.7 Å². The van der Waals surface area contributed by atoms with Gasteiger partial charge >= 0.3 is 5.97 Å². The smallest absolute Gasteiger partial charge is 0.331 e. The number of ketones is 1. The molecule has 1 aliphatic rings. The zero-order valence-electron chi connectivity index (χ0n) is 11.6. The fourth-order valence-corrected chi connectivity index (χ4v) is 3.13. The standard InChI is InChI=1S/C15H22O4/c1-9-4-6-13(11(3)15(18)19)14(8-16)12(9)7-5-10(2)17/h8-9,12-14H,3-7H2,1-2H3,(H,18,19)/t9-,12+,13+,14-/m1/s1. The van der Waals surface area contributed by atoms with E-state index in [2.05, 4.69) is 13.5 Å². The lowest BCUT2D eigenvalue weighted by atomic mass is 9.64. The normalized spacial score (nSPS) is 30.6. The van der Waals surface area contributed by atoms with E-state index in [4.69, 9.17) is 5.11 Å². The Kier molecular flexibility index (Phi) is 5.45. The lowest BCUT2D eigenvalue weighted by Crippen LogP contribution is -2.37. The average molecular weight is 266 g/mol. The van der Waals surface area contributed by atoms with Crippen LogP contribution < -0.4 is 0 Å². The number of aliphatic carboxylic acids is 1. The number of carbonyl (C=O) groups is 3. The Hall–Kier alpha value is -1.45. The first-order valence-electron chi connectivity index (χ1n) is 6.75. The predicted molar refractivity (Wildman–Crippen MR) is 71.6 cm³/mol. The van der Waals surface area contributed by atoms with Gasteiger partial charge in [-0.3, -0.25) is 0 Å². The van der Waals surface area contributed by atoms with Crippen LogP contribution in [-0.2, 0) is 14.4 Å². The summed E-state index contributed by atoms with van der Waals surface area (Å²) in [6.07, 6.45) is 3.53. The third-order valence-corrected chi connectivity index (χ3v) is 4.33. The highest BCUT2D eigenvalue weighted by molar-refractivity contribution is 5.87. The quantitative estimate of drug-likeness (QED) is 0.592. The van der Waals surface area contributed by atoms with Crippen LogP contribution in [0, 0.1) is 23.7 Å². The molecule has 1 saturated carbocycles. The van der Waals surface area contributed by atoms with E-state index in [1.807, 2.05) is 0 Å². The Balaban J connectivity index is 2.87. The summed E-state index contributed by atoms with van der Waals surface area (Å²) in [5.74, 6) is -1.12. The summed E-state index contributed by atoms with van der Waals surface area (Å²) in [5, 5.41) is 9.05. The molecule has 1 N–H and O–H groups in total. The summed E-state index contributed by atoms with van der Waals surface area (Å²) < 4.78 is 0. The highest BCUT2D eigenvalue weighted by Crippen LogP contribution is 2.42. The molecule has 4 heteroatoms. The fourth-order valence-electron chi connectivity index (χ4n) is 3.13. The molecular formula is C15H22O4. The van der Waals surface area contributed by atoms with Crippen LogP contribution in [0.2, 0.25) is 0 Å². The van der Waals surface area contributed by atoms with Crippen molar-refractivity contribution in [2.45, 2.75) is 39.5 Å². The number of hydrogen-bond acceptors (Lipinski definition) is 3. The molecule has 0 aromatic heterocycles. The van der Waals surface area contributed by atoms with Crippen LogP contribution in [0.4, 0.5) is 0 Å². The van der Waals surface area contributed by atoms with Crippen molar-refractivity contribution in [1.82, 2.24) is 0 Å². The van der Waals surface area contributed by atoms with Gasteiger partial charge in [0.05, 0.1) is 0 Å². The number of aldehydes is 1. The van der Waals surface area contributed by atoms with E-state index in [1.165, 1.54) is 6.92 Å². The molecule has 0 amide bonds. The molecule has 0 unspecified atom stereocenters. The fraction of sp³-hybridized carbons (Fsp3) is 0.667. The van der Waals surface area contributed by atoms with Gasteiger partial charge in [-0.1, -0.05) is 13.5 Å². The van der Waals surface area contributed by atoms with Crippen LogP contribution in [0.25, 0.3) is 0 Å². The van der Waals surface area contributed by atoms with Crippen molar-refractivity contribution in [1.29, 1.82) is 0 Å². The van der Waals surface area contributed by atoms with Gasteiger partial charge in [-0.2, -0.15) is 0 Å². The van der Waals surface area contributed by atoms with E-state index < -0.39 is 5.97 Å². The Morgan fingerprint density at radius 1 is 1.37 bits per heavy atom. The van der Waals surface area contributed by atoms with E-state index >= 15 is 0 Å². The summed E-state index contributed by atoms with van der Waals surface area (Å²) in [7, 11) is 0. The lowest BCUT2D eigenvalue weighted by molar-refractivity contribution is -0.134. The largest absolute Gasteiger partial charge is 0.478 e. The zero-order valence-corrected chi connectivity index (χ0v) is 11.6. The second kappa shape index (κ2) is 6.64. The van der Waals surface area contributed by atoms with Gasteiger partial charge in [0.15, 0.2) is 0 Å². The van der Waals surface area contributed by atoms with E-state index in [9.17, 15) is 14.4 Å². The van der Waals surface area contributed by atoms with Crippen molar-refractivity contribution in [3.05, 3.63) is 12.2 Å². The Bertz CT molecular complexity index is 386. The maximum absolute atomic E-state index is 11.4. The molecule has 0 saturated heterocycles. The first-order valence-corrected chi connectivity index (χ1v) is 6.75. The summed E-state index contributed by atoms with van der Waals surface area (Å²) >= 11 is 0. The van der Waals surface area contributed by atoms with Crippen molar-refractivity contribution in [3.63, 3.8) is 0 Å². The summed E-state index contributed by atoms with van der Waals surface area (Å²) in [6.45, 7) is 7.21. The summed E-state index contributed by atoms with van der Waals surface area (Å²) in [5.41, 5.74) is 0.122. The molecule has 4 atom stereocenters. The predicted octanol–water partition coefficient (Wildman–Crippen LogP) is 2.47. The monoisotopic (exact) mass is 266 g/mol. The van der Waals surface area contributed by atoms with Gasteiger partial charge in [0.2, 0.25) is 0 Å². The molecule has 0 heterocycles. The maximum atomic E-state index is 11.4. The number of carboxylic acid groups (broad SMARTS) is 1. The third kappa shape index (κ3) is 3.75. The van der Waals surface area contributed by atoms with Gasteiger partial charge in [-0.25, -0.2) is 4.79 Å². The molecule has 4 nitrogen and oxygen atoms in total. The molecule has 0 bridgehead atoms. The van der Waals surface area contributed by atoms with E-state index in [0.717, 1.165) is 12.7 Å². The zero-order chi connectivity index (χ0) is 14.6. The number of hydrogen-bond donors (Lipinski definition) is 1. The lowest BCUT2D eigenvalue weighted by Gasteiger charge is -2.39. The molecule has 106 valence electrons. The minimum absolute atomic E-state index is 0.0799. The van der Waals surface area contributed by atoms with Crippen molar-refractivity contribution >= 4 is 18.0 Å². The van der Waals surface area contributed by atoms with Crippen LogP contribution in [0.5, 0.6) is 0 Å². The second-order valence-corrected chi connectivity index (χ2v) is 5.61. The Morgan fingerprint density at radius 2 is 2.00 bits per heavy atom. The molecule has 0 spiro atoms. The summed E-state index contributed by atoms with van der Waals surface area (Å²) in [6, 6.07) is 0. The van der Waals surface area contributed by atoms with Gasteiger partial charge in [0.1, 0.15) is 12.1 Å². The van der Waals surface area contributed by atoms with Crippen LogP contribution >= 0.6 is 0 Å². The molecule has 1 aliphatic carbocycles. The minimum atomic E-state index is -1.03. The van der Waals surface area contributed by atoms with Gasteiger partial charge in [0, 0.05) is 23.8 Å². The SMILES string of the molecule is C=C(C(=O)O)[C@@H]1CC[C@@H](C)[C@H](CCC(C)=O)[C@H]1C=O. The topological polar surface area (TPSA) is 71.4 Å². The second-order valence-electron chi connectivity index (χ2n) is 5.61. The first kappa shape index (κ1) is 15.6. The molecule has 1 fully saturated rings. The molecule has 0 aromatic carbocycles. The molecule has 0 aliphatic heterocycles. The molecule has 0 aromatic rings. The first-order chi connectivity index (χ1) is 8.88. The van der Waals surface area contributed by atoms with E-state index in [1.54, 1.807) is 0 Å². The number of carbonyl (C=O) groups excluding carboxylic acids is 2. The minimum Gasteiger partial charge on any atom is -0.478 e. The van der Waals surface area contributed by atoms with Crippen LogP contribution in [-0.4, -0.2) is 23.1 Å². The third-order valence-electron chi connectivity index (χ3n) is 4.33. The molecule has 1 rings (SSSR count). The van der Waals surface area contributed by atoms with Gasteiger partial charge in [-0.15, -0.1) is 0 Å². The molecular weight excluding hydrogens is 244 g/mol. The number of rotatable bonds is 6. The van der Waals surface area contributed by atoms with Crippen LogP contribution in [0.15, 0.2) is 12.2 Å². The average Bonchev–Trinajstić information content (AvgIpc) is 2.35.